The fourth-order valence-electron chi connectivity index (χ4n) is 3.50. The van der Waals surface area contributed by atoms with Crippen molar-refractivity contribution in [3.8, 4) is 17.1 Å². The average molecular weight is 403 g/mol. The first-order chi connectivity index (χ1) is 14.6. The third kappa shape index (κ3) is 3.02. The Morgan fingerprint density at radius 2 is 1.93 bits per heavy atom. The van der Waals surface area contributed by atoms with Crippen molar-refractivity contribution in [3.63, 3.8) is 0 Å². The molecule has 1 amide bonds. The molecule has 4 aromatic rings. The normalized spacial score (nSPS) is 14.0. The number of amides is 1. The number of para-hydroxylation sites is 1. The predicted molar refractivity (Wildman–Crippen MR) is 107 cm³/mol. The van der Waals surface area contributed by atoms with Crippen LogP contribution in [0.15, 0.2) is 68.3 Å². The third-order valence-corrected chi connectivity index (χ3v) is 5.17. The van der Waals surface area contributed by atoms with Gasteiger partial charge in [0.1, 0.15) is 5.56 Å². The Hall–Kier alpha value is -3.94. The number of ether oxygens (including phenoxy) is 1. The second kappa shape index (κ2) is 7.14. The maximum atomic E-state index is 12.8. The van der Waals surface area contributed by atoms with Crippen LogP contribution in [0.5, 0.6) is 5.75 Å². The summed E-state index contributed by atoms with van der Waals surface area (Å²) in [6.07, 6.45) is 0. The van der Waals surface area contributed by atoms with Crippen LogP contribution in [0.4, 0.5) is 0 Å². The number of carbonyl (C=O) groups is 1. The van der Waals surface area contributed by atoms with Crippen LogP contribution in [-0.2, 0) is 0 Å². The minimum absolute atomic E-state index is 0.00953. The summed E-state index contributed by atoms with van der Waals surface area (Å²) in [5, 5.41) is 4.64. The molecule has 0 atom stereocenters. The molecule has 0 N–H and O–H groups in total. The zero-order valence-corrected chi connectivity index (χ0v) is 16.1. The third-order valence-electron chi connectivity index (χ3n) is 5.17. The maximum Gasteiger partial charge on any atom is 0.349 e. The van der Waals surface area contributed by atoms with Crippen LogP contribution in [-0.4, -0.2) is 41.1 Å². The van der Waals surface area contributed by atoms with Gasteiger partial charge in [-0.05, 0) is 12.1 Å². The molecule has 1 aliphatic heterocycles. The fourth-order valence-corrected chi connectivity index (χ4v) is 3.50. The molecule has 8 nitrogen and oxygen atoms in total. The van der Waals surface area contributed by atoms with E-state index in [0.717, 1.165) is 5.56 Å². The van der Waals surface area contributed by atoms with Gasteiger partial charge in [0.05, 0.1) is 13.0 Å². The van der Waals surface area contributed by atoms with Gasteiger partial charge >= 0.3 is 5.63 Å². The smallest absolute Gasteiger partial charge is 0.349 e. The van der Waals surface area contributed by atoms with Gasteiger partial charge in [-0.25, -0.2) is 4.79 Å². The topological polar surface area (TPSA) is 98.7 Å². The quantitative estimate of drug-likeness (QED) is 0.483. The molecular weight excluding hydrogens is 386 g/mol. The lowest BCUT2D eigenvalue weighted by atomic mass is 9.99. The predicted octanol–water partition coefficient (Wildman–Crippen LogP) is 3.09. The molecule has 150 valence electrons. The summed E-state index contributed by atoms with van der Waals surface area (Å²) in [5.74, 6) is 0.991. The summed E-state index contributed by atoms with van der Waals surface area (Å²) in [7, 11) is 1.49. The Kier molecular flexibility index (Phi) is 4.31. The summed E-state index contributed by atoms with van der Waals surface area (Å²) >= 11 is 0. The number of benzene rings is 2. The van der Waals surface area contributed by atoms with Gasteiger partial charge in [-0.15, -0.1) is 0 Å². The van der Waals surface area contributed by atoms with Crippen molar-refractivity contribution in [2.75, 3.05) is 20.2 Å². The second-order valence-electron chi connectivity index (χ2n) is 7.06. The van der Waals surface area contributed by atoms with E-state index >= 15 is 0 Å². The molecule has 0 bridgehead atoms. The maximum absolute atomic E-state index is 12.8. The van der Waals surface area contributed by atoms with Crippen LogP contribution in [0.3, 0.4) is 0 Å². The number of rotatable bonds is 4. The lowest BCUT2D eigenvalue weighted by Gasteiger charge is -2.36. The molecule has 8 heteroatoms. The van der Waals surface area contributed by atoms with Gasteiger partial charge in [0, 0.05) is 24.0 Å². The monoisotopic (exact) mass is 403 g/mol. The number of fused-ring (bicyclic) bond motifs is 1. The van der Waals surface area contributed by atoms with Crippen molar-refractivity contribution in [3.05, 3.63) is 76.5 Å². The number of hydrogen-bond acceptors (Lipinski definition) is 7. The molecule has 0 spiro atoms. The molecule has 30 heavy (non-hydrogen) atoms. The Morgan fingerprint density at radius 1 is 1.13 bits per heavy atom. The van der Waals surface area contributed by atoms with Crippen LogP contribution in [0.1, 0.15) is 22.2 Å². The summed E-state index contributed by atoms with van der Waals surface area (Å²) in [4.78, 5) is 31.2. The lowest BCUT2D eigenvalue weighted by Crippen LogP contribution is -2.49. The fraction of sp³-hybridized carbons (Fsp3) is 0.182. The first-order valence-corrected chi connectivity index (χ1v) is 9.43. The van der Waals surface area contributed by atoms with E-state index in [2.05, 4.69) is 10.1 Å². The van der Waals surface area contributed by atoms with E-state index in [1.54, 1.807) is 29.2 Å². The van der Waals surface area contributed by atoms with Gasteiger partial charge < -0.3 is 18.6 Å². The molecule has 3 heterocycles. The first kappa shape index (κ1) is 18.1. The van der Waals surface area contributed by atoms with Crippen LogP contribution in [0.25, 0.3) is 22.4 Å². The van der Waals surface area contributed by atoms with Crippen LogP contribution in [0.2, 0.25) is 0 Å². The highest BCUT2D eigenvalue weighted by atomic mass is 16.5. The van der Waals surface area contributed by atoms with Crippen molar-refractivity contribution in [2.24, 2.45) is 0 Å². The molecule has 2 aromatic carbocycles. The van der Waals surface area contributed by atoms with Gasteiger partial charge in [0.25, 0.3) is 5.91 Å². The average Bonchev–Trinajstić information content (AvgIpc) is 3.22. The van der Waals surface area contributed by atoms with E-state index in [1.807, 2.05) is 30.3 Å². The van der Waals surface area contributed by atoms with Gasteiger partial charge in [0.2, 0.25) is 11.7 Å². The standard InChI is InChI=1S/C22H17N3O5/c1-28-17-9-5-8-14-10-16(22(27)29-18(14)17)21(26)25-11-15(12-25)20-23-19(24-30-20)13-6-3-2-4-7-13/h2-10,15H,11-12H2,1H3. The molecule has 5 rings (SSSR count). The van der Waals surface area contributed by atoms with Crippen molar-refractivity contribution in [1.29, 1.82) is 0 Å². The minimum atomic E-state index is -0.690. The molecule has 0 unspecified atom stereocenters. The van der Waals surface area contributed by atoms with Crippen LogP contribution in [0, 0.1) is 0 Å². The Bertz CT molecular complexity index is 1290. The van der Waals surface area contributed by atoms with E-state index in [0.29, 0.717) is 41.5 Å². The number of methoxy groups -OCH3 is 1. The van der Waals surface area contributed by atoms with Crippen LogP contribution < -0.4 is 10.4 Å². The Balaban J connectivity index is 1.33. The highest BCUT2D eigenvalue weighted by Gasteiger charge is 2.37. The summed E-state index contributed by atoms with van der Waals surface area (Å²) in [6.45, 7) is 0.787. The zero-order valence-electron chi connectivity index (χ0n) is 16.1. The molecule has 2 aromatic heterocycles. The van der Waals surface area contributed by atoms with Gasteiger partial charge in [-0.1, -0.05) is 47.6 Å². The molecule has 1 saturated heterocycles. The number of likely N-dealkylation sites (tertiary alicyclic amines) is 1. The highest BCUT2D eigenvalue weighted by molar-refractivity contribution is 5.97. The van der Waals surface area contributed by atoms with Gasteiger partial charge in [-0.2, -0.15) is 4.98 Å². The molecule has 0 aliphatic carbocycles. The van der Waals surface area contributed by atoms with E-state index < -0.39 is 5.63 Å². The van der Waals surface area contributed by atoms with E-state index in [1.165, 1.54) is 7.11 Å². The van der Waals surface area contributed by atoms with Gasteiger partial charge in [0.15, 0.2) is 11.3 Å². The van der Waals surface area contributed by atoms with E-state index in [9.17, 15) is 9.59 Å². The van der Waals surface area contributed by atoms with E-state index in [4.69, 9.17) is 13.7 Å². The largest absolute Gasteiger partial charge is 0.493 e. The van der Waals surface area contributed by atoms with Crippen molar-refractivity contribution < 1.29 is 18.5 Å². The Morgan fingerprint density at radius 3 is 2.70 bits per heavy atom. The number of hydrogen-bond donors (Lipinski definition) is 0. The van der Waals surface area contributed by atoms with Crippen molar-refractivity contribution >= 4 is 16.9 Å². The van der Waals surface area contributed by atoms with Crippen molar-refractivity contribution in [1.82, 2.24) is 15.0 Å². The van der Waals surface area contributed by atoms with Gasteiger partial charge in [-0.3, -0.25) is 4.79 Å². The highest BCUT2D eigenvalue weighted by Crippen LogP contribution is 2.30. The molecule has 0 saturated carbocycles. The van der Waals surface area contributed by atoms with Crippen molar-refractivity contribution in [2.45, 2.75) is 5.92 Å². The second-order valence-corrected chi connectivity index (χ2v) is 7.06. The zero-order chi connectivity index (χ0) is 20.7. The minimum Gasteiger partial charge on any atom is -0.493 e. The summed E-state index contributed by atoms with van der Waals surface area (Å²) in [5.41, 5.74) is 0.487. The number of nitrogens with zero attached hydrogens (tertiary/aromatic N) is 3. The molecule has 1 aliphatic rings. The molecule has 0 radical (unpaired) electrons. The number of aromatic nitrogens is 2. The molecular formula is C22H17N3O5. The first-order valence-electron chi connectivity index (χ1n) is 9.43. The van der Waals surface area contributed by atoms with Crippen LogP contribution >= 0.6 is 0 Å². The Labute approximate surface area is 170 Å². The SMILES string of the molecule is COc1cccc2cc(C(=O)N3CC(c4nc(-c5ccccc5)no4)C3)c(=O)oc12. The van der Waals surface area contributed by atoms with E-state index in [-0.39, 0.29) is 17.4 Å². The summed E-state index contributed by atoms with van der Waals surface area (Å²) in [6, 6.07) is 16.3. The summed E-state index contributed by atoms with van der Waals surface area (Å²) < 4.78 is 15.9. The number of carbonyl (C=O) groups excluding carboxylic acids is 1. The molecule has 1 fully saturated rings. The lowest BCUT2D eigenvalue weighted by molar-refractivity contribution is 0.0565.